The van der Waals surface area contributed by atoms with E-state index in [2.05, 4.69) is 61.5 Å². The van der Waals surface area contributed by atoms with E-state index in [4.69, 9.17) is 0 Å². The summed E-state index contributed by atoms with van der Waals surface area (Å²) in [6, 6.07) is 19.8. The van der Waals surface area contributed by atoms with Gasteiger partial charge in [-0.15, -0.1) is 0 Å². The van der Waals surface area contributed by atoms with Gasteiger partial charge in [-0.1, -0.05) is 74.4 Å². The quantitative estimate of drug-likeness (QED) is 0.643. The fourth-order valence-electron chi connectivity index (χ4n) is 2.99. The maximum atomic E-state index is 2.33. The summed E-state index contributed by atoms with van der Waals surface area (Å²) in [5.41, 5.74) is 4.18. The molecule has 0 aromatic heterocycles. The van der Waals surface area contributed by atoms with Crippen LogP contribution in [-0.4, -0.2) is 0 Å². The molecule has 0 unspecified atom stereocenters. The van der Waals surface area contributed by atoms with Gasteiger partial charge < -0.3 is 0 Å². The first-order valence-electron chi connectivity index (χ1n) is 7.54. The van der Waals surface area contributed by atoms with E-state index in [1.54, 1.807) is 5.56 Å². The van der Waals surface area contributed by atoms with Crippen molar-refractivity contribution in [2.45, 2.75) is 38.5 Å². The number of benzene rings is 2. The van der Waals surface area contributed by atoms with Crippen LogP contribution in [0.15, 0.2) is 54.6 Å². The van der Waals surface area contributed by atoms with Gasteiger partial charge in [-0.25, -0.2) is 0 Å². The largest absolute Gasteiger partial charge is 0.0654 e. The molecule has 0 saturated heterocycles. The summed E-state index contributed by atoms with van der Waals surface area (Å²) in [6.45, 7) is 2.28. The third kappa shape index (κ3) is 2.89. The molecule has 1 aliphatic carbocycles. The summed E-state index contributed by atoms with van der Waals surface area (Å²) in [6.07, 6.45) is 5.55. The molecule has 19 heavy (non-hydrogen) atoms. The first-order valence-corrected chi connectivity index (χ1v) is 7.54. The van der Waals surface area contributed by atoms with Crippen molar-refractivity contribution < 1.29 is 0 Å². The minimum absolute atomic E-state index is 0.844. The summed E-state index contributed by atoms with van der Waals surface area (Å²) < 4.78 is 0. The van der Waals surface area contributed by atoms with Crippen LogP contribution in [0.4, 0.5) is 0 Å². The summed E-state index contributed by atoms with van der Waals surface area (Å²) in [7, 11) is 0. The summed E-state index contributed by atoms with van der Waals surface area (Å²) in [4.78, 5) is 0. The van der Waals surface area contributed by atoms with Crippen LogP contribution in [0.1, 0.15) is 44.1 Å². The molecule has 0 bridgehead atoms. The molecule has 0 heterocycles. The molecule has 1 saturated carbocycles. The molecule has 0 heteroatoms. The van der Waals surface area contributed by atoms with Crippen molar-refractivity contribution >= 4 is 0 Å². The van der Waals surface area contributed by atoms with Crippen LogP contribution in [-0.2, 0) is 0 Å². The topological polar surface area (TPSA) is 0 Å². The molecule has 1 fully saturated rings. The molecule has 0 aliphatic heterocycles. The van der Waals surface area contributed by atoms with E-state index in [0.717, 1.165) is 11.8 Å². The highest BCUT2D eigenvalue weighted by Crippen LogP contribution is 2.50. The fraction of sp³-hybridized carbons (Fsp3) is 0.368. The van der Waals surface area contributed by atoms with Gasteiger partial charge in [0, 0.05) is 0 Å². The molecule has 1 aliphatic rings. The zero-order valence-electron chi connectivity index (χ0n) is 11.7. The van der Waals surface area contributed by atoms with E-state index in [-0.39, 0.29) is 0 Å². The standard InChI is InChI=1S/C19H22/c1-2-3-7-18-14-19(18)17-12-10-16(11-13-17)15-8-5-4-6-9-15/h4-6,8-13,18-19H,2-3,7,14H2,1H3/t18-,19+/m1/s1. The Kier molecular flexibility index (Phi) is 3.68. The Morgan fingerprint density at radius 2 is 1.58 bits per heavy atom. The zero-order chi connectivity index (χ0) is 13.1. The molecule has 0 amide bonds. The maximum Gasteiger partial charge on any atom is -0.0131 e. The summed E-state index contributed by atoms with van der Waals surface area (Å²) in [5.74, 6) is 1.80. The van der Waals surface area contributed by atoms with Crippen LogP contribution in [0.5, 0.6) is 0 Å². The van der Waals surface area contributed by atoms with Gasteiger partial charge >= 0.3 is 0 Å². The van der Waals surface area contributed by atoms with Gasteiger partial charge in [0.2, 0.25) is 0 Å². The van der Waals surface area contributed by atoms with Crippen molar-refractivity contribution in [3.63, 3.8) is 0 Å². The van der Waals surface area contributed by atoms with Gasteiger partial charge in [0.15, 0.2) is 0 Å². The van der Waals surface area contributed by atoms with Crippen molar-refractivity contribution in [1.82, 2.24) is 0 Å². The SMILES string of the molecule is CCCC[C@@H]1C[C@H]1c1ccc(-c2ccccc2)cc1. The minimum Gasteiger partial charge on any atom is -0.0654 e. The Bertz CT molecular complexity index is 509. The van der Waals surface area contributed by atoms with Gasteiger partial charge in [0.05, 0.1) is 0 Å². The molecule has 2 atom stereocenters. The Morgan fingerprint density at radius 3 is 2.26 bits per heavy atom. The molecule has 0 radical (unpaired) electrons. The maximum absolute atomic E-state index is 2.33. The summed E-state index contributed by atoms with van der Waals surface area (Å²) in [5, 5.41) is 0. The molecule has 2 aromatic rings. The van der Waals surface area contributed by atoms with E-state index >= 15 is 0 Å². The van der Waals surface area contributed by atoms with Crippen LogP contribution < -0.4 is 0 Å². The van der Waals surface area contributed by atoms with Crippen molar-refractivity contribution in [2.75, 3.05) is 0 Å². The van der Waals surface area contributed by atoms with E-state index in [1.165, 1.54) is 36.8 Å². The molecule has 0 spiro atoms. The highest BCUT2D eigenvalue weighted by atomic mass is 14.4. The van der Waals surface area contributed by atoms with Gasteiger partial charge in [-0.2, -0.15) is 0 Å². The van der Waals surface area contributed by atoms with Gasteiger partial charge in [-0.3, -0.25) is 0 Å². The first kappa shape index (κ1) is 12.5. The van der Waals surface area contributed by atoms with Crippen LogP contribution >= 0.6 is 0 Å². The Morgan fingerprint density at radius 1 is 0.895 bits per heavy atom. The number of rotatable bonds is 5. The third-order valence-electron chi connectivity index (χ3n) is 4.30. The molecule has 3 rings (SSSR count). The average Bonchev–Trinajstić information content (AvgIpc) is 3.26. The third-order valence-corrected chi connectivity index (χ3v) is 4.30. The lowest BCUT2D eigenvalue weighted by molar-refractivity contribution is 0.640. The fourth-order valence-corrected chi connectivity index (χ4v) is 2.99. The lowest BCUT2D eigenvalue weighted by atomic mass is 10.0. The molecular weight excluding hydrogens is 228 g/mol. The number of hydrogen-bond donors (Lipinski definition) is 0. The van der Waals surface area contributed by atoms with Crippen molar-refractivity contribution in [3.8, 4) is 11.1 Å². The predicted molar refractivity (Wildman–Crippen MR) is 82.3 cm³/mol. The van der Waals surface area contributed by atoms with E-state index in [1.807, 2.05) is 0 Å². The number of unbranched alkanes of at least 4 members (excludes halogenated alkanes) is 1. The first-order chi connectivity index (χ1) is 9.38. The lowest BCUT2D eigenvalue weighted by Crippen LogP contribution is -1.85. The molecule has 98 valence electrons. The Balaban J connectivity index is 1.67. The van der Waals surface area contributed by atoms with Crippen LogP contribution in [0.3, 0.4) is 0 Å². The summed E-state index contributed by atoms with van der Waals surface area (Å²) >= 11 is 0. The lowest BCUT2D eigenvalue weighted by Gasteiger charge is -2.04. The van der Waals surface area contributed by atoms with Crippen LogP contribution in [0, 0.1) is 5.92 Å². The van der Waals surface area contributed by atoms with Crippen LogP contribution in [0.2, 0.25) is 0 Å². The monoisotopic (exact) mass is 250 g/mol. The average molecular weight is 250 g/mol. The molecule has 0 nitrogen and oxygen atoms in total. The van der Waals surface area contributed by atoms with Crippen molar-refractivity contribution in [3.05, 3.63) is 60.2 Å². The smallest absolute Gasteiger partial charge is 0.0131 e. The second kappa shape index (κ2) is 5.61. The Labute approximate surface area is 116 Å². The predicted octanol–water partition coefficient (Wildman–Crippen LogP) is 5.65. The second-order valence-corrected chi connectivity index (χ2v) is 5.73. The van der Waals surface area contributed by atoms with Gasteiger partial charge in [0.25, 0.3) is 0 Å². The second-order valence-electron chi connectivity index (χ2n) is 5.73. The van der Waals surface area contributed by atoms with Gasteiger partial charge in [0.1, 0.15) is 0 Å². The van der Waals surface area contributed by atoms with E-state index in [9.17, 15) is 0 Å². The molecule has 2 aromatic carbocycles. The highest BCUT2D eigenvalue weighted by molar-refractivity contribution is 5.63. The normalized spacial score (nSPS) is 21.3. The van der Waals surface area contributed by atoms with Crippen LogP contribution in [0.25, 0.3) is 11.1 Å². The Hall–Kier alpha value is -1.56. The molecule has 0 N–H and O–H groups in total. The minimum atomic E-state index is 0.844. The van der Waals surface area contributed by atoms with E-state index in [0.29, 0.717) is 0 Å². The number of hydrogen-bond acceptors (Lipinski definition) is 0. The van der Waals surface area contributed by atoms with Gasteiger partial charge in [-0.05, 0) is 41.4 Å². The molecular formula is C19H22. The van der Waals surface area contributed by atoms with Crippen molar-refractivity contribution in [2.24, 2.45) is 5.92 Å². The van der Waals surface area contributed by atoms with E-state index < -0.39 is 0 Å². The zero-order valence-corrected chi connectivity index (χ0v) is 11.7. The highest BCUT2D eigenvalue weighted by Gasteiger charge is 2.37. The van der Waals surface area contributed by atoms with Crippen molar-refractivity contribution in [1.29, 1.82) is 0 Å².